The predicted molar refractivity (Wildman–Crippen MR) is 116 cm³/mol. The molecule has 4 rings (SSSR count). The molecule has 0 radical (unpaired) electrons. The Morgan fingerprint density at radius 2 is 2.00 bits per heavy atom. The van der Waals surface area contributed by atoms with E-state index < -0.39 is 5.60 Å². The van der Waals surface area contributed by atoms with Crippen LogP contribution in [-0.4, -0.2) is 42.0 Å². The zero-order valence-corrected chi connectivity index (χ0v) is 18.2. The molecular weight excluding hydrogens is 380 g/mol. The Morgan fingerprint density at radius 3 is 2.73 bits per heavy atom. The second-order valence-corrected chi connectivity index (χ2v) is 8.86. The highest BCUT2D eigenvalue weighted by Crippen LogP contribution is 2.36. The van der Waals surface area contributed by atoms with Crippen LogP contribution in [0.5, 0.6) is 5.75 Å². The van der Waals surface area contributed by atoms with Crippen LogP contribution >= 0.6 is 0 Å². The van der Waals surface area contributed by atoms with Crippen LogP contribution in [0.1, 0.15) is 44.4 Å². The summed E-state index contributed by atoms with van der Waals surface area (Å²) >= 11 is 0. The second kappa shape index (κ2) is 7.67. The Labute approximate surface area is 176 Å². The Kier molecular flexibility index (Phi) is 5.18. The normalized spacial score (nSPS) is 16.8. The maximum absolute atomic E-state index is 12.4. The highest BCUT2D eigenvalue weighted by Gasteiger charge is 2.30. The predicted octanol–water partition coefficient (Wildman–Crippen LogP) is 5.54. The van der Waals surface area contributed by atoms with Crippen molar-refractivity contribution in [2.45, 2.75) is 45.6 Å². The summed E-state index contributed by atoms with van der Waals surface area (Å²) in [4.78, 5) is 14.2. The van der Waals surface area contributed by atoms with Crippen LogP contribution in [0, 0.1) is 6.92 Å². The van der Waals surface area contributed by atoms with Gasteiger partial charge in [0.1, 0.15) is 11.4 Å². The summed E-state index contributed by atoms with van der Waals surface area (Å²) in [6.07, 6.45) is 0.684. The average Bonchev–Trinajstić information content (AvgIpc) is 3.34. The van der Waals surface area contributed by atoms with Crippen LogP contribution in [0.3, 0.4) is 0 Å². The number of amides is 1. The van der Waals surface area contributed by atoms with Crippen LogP contribution < -0.4 is 4.74 Å². The zero-order valence-electron chi connectivity index (χ0n) is 18.2. The van der Waals surface area contributed by atoms with E-state index in [1.807, 2.05) is 39.8 Å². The molecule has 1 atom stereocenters. The summed E-state index contributed by atoms with van der Waals surface area (Å²) in [6.45, 7) is 8.96. The van der Waals surface area contributed by atoms with Crippen molar-refractivity contribution < 1.29 is 18.8 Å². The number of benzene rings is 2. The van der Waals surface area contributed by atoms with Gasteiger partial charge >= 0.3 is 6.09 Å². The quantitative estimate of drug-likeness (QED) is 0.570. The topological polar surface area (TPSA) is 64.8 Å². The first-order valence-electron chi connectivity index (χ1n) is 10.3. The van der Waals surface area contributed by atoms with Crippen LogP contribution in [0.25, 0.3) is 22.1 Å². The Balaban J connectivity index is 1.58. The van der Waals surface area contributed by atoms with Crippen molar-refractivity contribution in [2.75, 3.05) is 20.2 Å². The molecule has 1 unspecified atom stereocenters. The van der Waals surface area contributed by atoms with E-state index in [4.69, 9.17) is 14.0 Å². The number of methoxy groups -OCH3 is 1. The summed E-state index contributed by atoms with van der Waals surface area (Å²) in [7, 11) is 1.66. The summed E-state index contributed by atoms with van der Waals surface area (Å²) in [5, 5.41) is 4.97. The fourth-order valence-electron chi connectivity index (χ4n) is 4.01. The lowest BCUT2D eigenvalue weighted by Crippen LogP contribution is -2.35. The van der Waals surface area contributed by atoms with Gasteiger partial charge in [0.15, 0.2) is 5.58 Å². The Morgan fingerprint density at radius 1 is 1.20 bits per heavy atom. The fraction of sp³-hybridized carbons (Fsp3) is 0.417. The molecule has 1 saturated heterocycles. The number of aromatic nitrogens is 1. The monoisotopic (exact) mass is 408 g/mol. The van der Waals surface area contributed by atoms with E-state index >= 15 is 0 Å². The smallest absolute Gasteiger partial charge is 0.410 e. The van der Waals surface area contributed by atoms with Crippen molar-refractivity contribution in [1.82, 2.24) is 10.1 Å². The lowest BCUT2D eigenvalue weighted by Gasteiger charge is -2.24. The third-order valence-electron chi connectivity index (χ3n) is 5.46. The standard InChI is InChI=1S/C24H28N2O4/c1-15-22-20(28-5)12-19(13-21(22)30-25-15)17-8-6-7-16(11-17)18-9-10-26(14-18)23(27)29-24(2,3)4/h6-8,11-13,18H,9-10,14H2,1-5H3. The van der Waals surface area contributed by atoms with Crippen LogP contribution in [0.4, 0.5) is 4.79 Å². The fourth-order valence-corrected chi connectivity index (χ4v) is 4.01. The number of likely N-dealkylation sites (tertiary alicyclic amines) is 1. The van der Waals surface area contributed by atoms with Crippen molar-refractivity contribution >= 4 is 17.1 Å². The lowest BCUT2D eigenvalue weighted by atomic mass is 9.94. The summed E-state index contributed by atoms with van der Waals surface area (Å²) in [5.41, 5.74) is 4.36. The molecule has 3 aromatic rings. The molecule has 30 heavy (non-hydrogen) atoms. The third-order valence-corrected chi connectivity index (χ3v) is 5.46. The highest BCUT2D eigenvalue weighted by molar-refractivity contribution is 5.90. The van der Waals surface area contributed by atoms with Gasteiger partial charge in [0.2, 0.25) is 0 Å². The molecule has 0 spiro atoms. The van der Waals surface area contributed by atoms with E-state index in [2.05, 4.69) is 29.4 Å². The van der Waals surface area contributed by atoms with Crippen LogP contribution in [0.2, 0.25) is 0 Å². The Hall–Kier alpha value is -3.02. The van der Waals surface area contributed by atoms with E-state index in [0.29, 0.717) is 18.7 Å². The molecule has 1 amide bonds. The van der Waals surface area contributed by atoms with Gasteiger partial charge in [-0.1, -0.05) is 29.4 Å². The van der Waals surface area contributed by atoms with E-state index in [1.165, 1.54) is 5.56 Å². The average molecular weight is 408 g/mol. The molecular formula is C24H28N2O4. The number of hydrogen-bond acceptors (Lipinski definition) is 5. The van der Waals surface area contributed by atoms with Gasteiger partial charge in [0, 0.05) is 19.0 Å². The van der Waals surface area contributed by atoms with Gasteiger partial charge in [-0.05, 0) is 62.9 Å². The molecule has 0 aliphatic carbocycles. The molecule has 1 aliphatic rings. The summed E-state index contributed by atoms with van der Waals surface area (Å²) in [5.74, 6) is 1.04. The first-order chi connectivity index (χ1) is 14.2. The largest absolute Gasteiger partial charge is 0.496 e. The number of carbonyl (C=O) groups is 1. The van der Waals surface area contributed by atoms with Gasteiger partial charge in [0.25, 0.3) is 0 Å². The molecule has 6 heteroatoms. The maximum Gasteiger partial charge on any atom is 0.410 e. The minimum absolute atomic E-state index is 0.239. The van der Waals surface area contributed by atoms with Gasteiger partial charge in [-0.3, -0.25) is 0 Å². The first kappa shape index (κ1) is 20.3. The molecule has 2 aromatic carbocycles. The number of ether oxygens (including phenoxy) is 2. The molecule has 0 saturated carbocycles. The number of hydrogen-bond donors (Lipinski definition) is 0. The van der Waals surface area contributed by atoms with E-state index in [9.17, 15) is 4.79 Å². The number of rotatable bonds is 3. The maximum atomic E-state index is 12.4. The van der Waals surface area contributed by atoms with Gasteiger partial charge in [0.05, 0.1) is 18.2 Å². The number of nitrogens with zero attached hydrogens (tertiary/aromatic N) is 2. The summed E-state index contributed by atoms with van der Waals surface area (Å²) < 4.78 is 16.6. The van der Waals surface area contributed by atoms with Crippen molar-refractivity contribution in [3.05, 3.63) is 47.7 Å². The molecule has 1 fully saturated rings. The van der Waals surface area contributed by atoms with Crippen LogP contribution in [-0.2, 0) is 4.74 Å². The van der Waals surface area contributed by atoms with Gasteiger partial charge < -0.3 is 18.9 Å². The second-order valence-electron chi connectivity index (χ2n) is 8.86. The van der Waals surface area contributed by atoms with E-state index in [-0.39, 0.29) is 12.0 Å². The molecule has 0 N–H and O–H groups in total. The zero-order chi connectivity index (χ0) is 21.5. The van der Waals surface area contributed by atoms with Crippen molar-refractivity contribution in [3.8, 4) is 16.9 Å². The molecule has 0 bridgehead atoms. The lowest BCUT2D eigenvalue weighted by molar-refractivity contribution is 0.0292. The van der Waals surface area contributed by atoms with Crippen molar-refractivity contribution in [1.29, 1.82) is 0 Å². The van der Waals surface area contributed by atoms with Gasteiger partial charge in [-0.2, -0.15) is 0 Å². The number of aryl methyl sites for hydroxylation is 1. The third kappa shape index (κ3) is 3.99. The van der Waals surface area contributed by atoms with E-state index in [1.54, 1.807) is 12.0 Å². The van der Waals surface area contributed by atoms with Crippen molar-refractivity contribution in [2.24, 2.45) is 0 Å². The SMILES string of the molecule is COc1cc(-c2cccc(C3CCN(C(=O)OC(C)(C)C)C3)c2)cc2onc(C)c12. The molecule has 1 aromatic heterocycles. The molecule has 6 nitrogen and oxygen atoms in total. The van der Waals surface area contributed by atoms with Gasteiger partial charge in [-0.25, -0.2) is 4.79 Å². The highest BCUT2D eigenvalue weighted by atomic mass is 16.6. The number of fused-ring (bicyclic) bond motifs is 1. The minimum Gasteiger partial charge on any atom is -0.496 e. The molecule has 158 valence electrons. The first-order valence-corrected chi connectivity index (χ1v) is 10.3. The Bertz CT molecular complexity index is 1080. The minimum atomic E-state index is -0.480. The summed E-state index contributed by atoms with van der Waals surface area (Å²) in [6, 6.07) is 12.5. The van der Waals surface area contributed by atoms with E-state index in [0.717, 1.165) is 34.4 Å². The number of carbonyl (C=O) groups excluding carboxylic acids is 1. The van der Waals surface area contributed by atoms with Crippen molar-refractivity contribution in [3.63, 3.8) is 0 Å². The van der Waals surface area contributed by atoms with Gasteiger partial charge in [-0.15, -0.1) is 0 Å². The molecule has 2 heterocycles. The molecule has 1 aliphatic heterocycles. The van der Waals surface area contributed by atoms with Crippen LogP contribution in [0.15, 0.2) is 40.9 Å².